The summed E-state index contributed by atoms with van der Waals surface area (Å²) in [5, 5.41) is 11.4. The van der Waals surface area contributed by atoms with Gasteiger partial charge in [-0.25, -0.2) is 0 Å². The van der Waals surface area contributed by atoms with Crippen LogP contribution in [0.5, 0.6) is 5.75 Å². The number of hydrogen-bond acceptors (Lipinski definition) is 4. The van der Waals surface area contributed by atoms with Gasteiger partial charge in [0.2, 0.25) is 5.75 Å². The van der Waals surface area contributed by atoms with Crippen molar-refractivity contribution in [2.24, 2.45) is 0 Å². The summed E-state index contributed by atoms with van der Waals surface area (Å²) in [6, 6.07) is 22.7. The monoisotopic (exact) mass is 351 g/mol. The molecule has 0 aliphatic heterocycles. The summed E-state index contributed by atoms with van der Waals surface area (Å²) < 4.78 is 5.84. The molecule has 25 heavy (non-hydrogen) atoms. The molecule has 0 atom stereocenters. The van der Waals surface area contributed by atoms with Gasteiger partial charge in [0.05, 0.1) is 21.9 Å². The molecule has 0 amide bonds. The van der Waals surface area contributed by atoms with Crippen molar-refractivity contribution >= 4 is 17.7 Å². The molecule has 0 unspecified atom stereocenters. The van der Waals surface area contributed by atoms with Crippen LogP contribution in [0.3, 0.4) is 0 Å². The normalized spacial score (nSPS) is 10.4. The molecule has 3 rings (SSSR count). The highest BCUT2D eigenvalue weighted by Crippen LogP contribution is 2.37. The van der Waals surface area contributed by atoms with Crippen molar-refractivity contribution in [1.82, 2.24) is 0 Å². The smallest absolute Gasteiger partial charge is 0.312 e. The van der Waals surface area contributed by atoms with Crippen LogP contribution < -0.4 is 4.18 Å². The highest BCUT2D eigenvalue weighted by Gasteiger charge is 2.20. The van der Waals surface area contributed by atoms with Gasteiger partial charge < -0.3 is 4.18 Å². The van der Waals surface area contributed by atoms with E-state index in [9.17, 15) is 10.1 Å². The maximum atomic E-state index is 11.4. The summed E-state index contributed by atoms with van der Waals surface area (Å²) in [5.41, 5.74) is 2.92. The molecule has 5 heteroatoms. The van der Waals surface area contributed by atoms with Crippen molar-refractivity contribution in [3.8, 4) is 5.75 Å². The molecule has 0 saturated carbocycles. The first kappa shape index (κ1) is 17.0. The second-order valence-electron chi connectivity index (χ2n) is 5.62. The lowest BCUT2D eigenvalue weighted by Gasteiger charge is -2.11. The molecule has 0 aliphatic carbocycles. The van der Waals surface area contributed by atoms with Gasteiger partial charge >= 0.3 is 5.69 Å². The van der Waals surface area contributed by atoms with Gasteiger partial charge in [-0.1, -0.05) is 60.7 Å². The van der Waals surface area contributed by atoms with Gasteiger partial charge in [-0.15, -0.1) is 0 Å². The first-order chi connectivity index (χ1) is 12.1. The van der Waals surface area contributed by atoms with E-state index in [2.05, 4.69) is 0 Å². The standard InChI is InChI=1S/C20H17NO3S/c1-15-8-5-6-13-19(15)25-24-20-17(11-7-12-18(20)21(22)23)14-16-9-3-2-4-10-16/h2-13H,14H2,1H3. The SMILES string of the molecule is Cc1ccccc1SOc1c(Cc2ccccc2)cccc1[N+](=O)[O-]. The first-order valence-electron chi connectivity index (χ1n) is 7.85. The number of para-hydroxylation sites is 1. The minimum absolute atomic E-state index is 0.0190. The molecule has 0 saturated heterocycles. The summed E-state index contributed by atoms with van der Waals surface area (Å²) in [7, 11) is 0. The number of nitro groups is 1. The Labute approximate surface area is 150 Å². The Morgan fingerprint density at radius 3 is 2.40 bits per heavy atom. The molecule has 0 fully saturated rings. The molecule has 0 aromatic heterocycles. The minimum atomic E-state index is -0.401. The van der Waals surface area contributed by atoms with Crippen LogP contribution in [-0.4, -0.2) is 4.92 Å². The summed E-state index contributed by atoms with van der Waals surface area (Å²) in [5.74, 6) is 0.310. The number of aryl methyl sites for hydroxylation is 1. The maximum absolute atomic E-state index is 11.4. The van der Waals surface area contributed by atoms with E-state index in [0.717, 1.165) is 33.6 Å². The summed E-state index contributed by atoms with van der Waals surface area (Å²) in [4.78, 5) is 12.0. The van der Waals surface area contributed by atoms with E-state index in [4.69, 9.17) is 4.18 Å². The van der Waals surface area contributed by atoms with Gasteiger partial charge in [0.25, 0.3) is 0 Å². The fourth-order valence-electron chi connectivity index (χ4n) is 2.50. The average Bonchev–Trinajstić information content (AvgIpc) is 2.62. The van der Waals surface area contributed by atoms with Crippen LogP contribution in [0.2, 0.25) is 0 Å². The third-order valence-corrected chi connectivity index (χ3v) is 4.71. The molecule has 4 nitrogen and oxygen atoms in total. The third-order valence-electron chi connectivity index (χ3n) is 3.82. The van der Waals surface area contributed by atoms with Crippen LogP contribution in [0.15, 0.2) is 77.7 Å². The largest absolute Gasteiger partial charge is 0.413 e. The van der Waals surface area contributed by atoms with E-state index in [-0.39, 0.29) is 5.69 Å². The van der Waals surface area contributed by atoms with E-state index in [1.807, 2.05) is 67.6 Å². The van der Waals surface area contributed by atoms with E-state index in [1.165, 1.54) is 6.07 Å². The molecule has 0 N–H and O–H groups in total. The Hall–Kier alpha value is -2.79. The Morgan fingerprint density at radius 1 is 0.960 bits per heavy atom. The molecule has 0 heterocycles. The van der Waals surface area contributed by atoms with E-state index in [1.54, 1.807) is 6.07 Å². The maximum Gasteiger partial charge on any atom is 0.312 e. The van der Waals surface area contributed by atoms with E-state index in [0.29, 0.717) is 12.2 Å². The fourth-order valence-corrected chi connectivity index (χ4v) is 3.20. The zero-order chi connectivity index (χ0) is 17.6. The van der Waals surface area contributed by atoms with E-state index >= 15 is 0 Å². The number of nitro benzene ring substituents is 1. The molecule has 0 aliphatic rings. The highest BCUT2D eigenvalue weighted by atomic mass is 32.2. The average molecular weight is 351 g/mol. The number of benzene rings is 3. The number of nitrogens with zero attached hydrogens (tertiary/aromatic N) is 1. The lowest BCUT2D eigenvalue weighted by atomic mass is 10.0. The van der Waals surface area contributed by atoms with Gasteiger partial charge in [-0.3, -0.25) is 10.1 Å². The predicted molar refractivity (Wildman–Crippen MR) is 100 cm³/mol. The van der Waals surface area contributed by atoms with Crippen molar-refractivity contribution in [1.29, 1.82) is 0 Å². The third kappa shape index (κ3) is 4.19. The molecular formula is C20H17NO3S. The number of rotatable bonds is 6. The van der Waals surface area contributed by atoms with Crippen molar-refractivity contribution in [2.75, 3.05) is 0 Å². The van der Waals surface area contributed by atoms with Crippen LogP contribution in [0.25, 0.3) is 0 Å². The van der Waals surface area contributed by atoms with Crippen molar-refractivity contribution in [3.63, 3.8) is 0 Å². The molecule has 3 aromatic rings. The summed E-state index contributed by atoms with van der Waals surface area (Å²) in [6.45, 7) is 1.98. The van der Waals surface area contributed by atoms with Crippen LogP contribution in [0, 0.1) is 17.0 Å². The Bertz CT molecular complexity index is 881. The van der Waals surface area contributed by atoms with Crippen LogP contribution in [0.1, 0.15) is 16.7 Å². The summed E-state index contributed by atoms with van der Waals surface area (Å²) >= 11 is 1.15. The second kappa shape index (κ2) is 7.85. The van der Waals surface area contributed by atoms with Gasteiger partial charge in [0, 0.05) is 18.1 Å². The molecule has 0 spiro atoms. The molecule has 126 valence electrons. The van der Waals surface area contributed by atoms with E-state index < -0.39 is 4.92 Å². The Kier molecular flexibility index (Phi) is 5.36. The molecule has 0 radical (unpaired) electrons. The van der Waals surface area contributed by atoms with Gasteiger partial charge in [-0.2, -0.15) is 0 Å². The second-order valence-corrected chi connectivity index (χ2v) is 6.39. The number of hydrogen-bond donors (Lipinski definition) is 0. The Balaban J connectivity index is 1.92. The topological polar surface area (TPSA) is 52.4 Å². The van der Waals surface area contributed by atoms with Crippen LogP contribution >= 0.6 is 12.0 Å². The zero-order valence-electron chi connectivity index (χ0n) is 13.7. The lowest BCUT2D eigenvalue weighted by molar-refractivity contribution is -0.385. The van der Waals surface area contributed by atoms with Crippen molar-refractivity contribution in [2.45, 2.75) is 18.2 Å². The van der Waals surface area contributed by atoms with Crippen LogP contribution in [-0.2, 0) is 6.42 Å². The molecule has 3 aromatic carbocycles. The van der Waals surface area contributed by atoms with Crippen LogP contribution in [0.4, 0.5) is 5.69 Å². The van der Waals surface area contributed by atoms with Crippen molar-refractivity contribution < 1.29 is 9.11 Å². The quantitative estimate of drug-likeness (QED) is 0.330. The van der Waals surface area contributed by atoms with Gasteiger partial charge in [-0.05, 0) is 24.1 Å². The van der Waals surface area contributed by atoms with Crippen molar-refractivity contribution in [3.05, 3.63) is 99.6 Å². The minimum Gasteiger partial charge on any atom is -0.413 e. The lowest BCUT2D eigenvalue weighted by Crippen LogP contribution is -1.98. The highest BCUT2D eigenvalue weighted by molar-refractivity contribution is 7.95. The summed E-state index contributed by atoms with van der Waals surface area (Å²) in [6.07, 6.45) is 0.576. The van der Waals surface area contributed by atoms with Gasteiger partial charge in [0.1, 0.15) is 0 Å². The zero-order valence-corrected chi connectivity index (χ0v) is 14.5. The van der Waals surface area contributed by atoms with Gasteiger partial charge in [0.15, 0.2) is 0 Å². The Morgan fingerprint density at radius 2 is 1.68 bits per heavy atom. The predicted octanol–water partition coefficient (Wildman–Crippen LogP) is 5.58. The first-order valence-corrected chi connectivity index (χ1v) is 8.59. The fraction of sp³-hybridized carbons (Fsp3) is 0.100. The molecular weight excluding hydrogens is 334 g/mol. The molecule has 0 bridgehead atoms.